The van der Waals surface area contributed by atoms with E-state index in [-0.39, 0.29) is 5.91 Å². The van der Waals surface area contributed by atoms with Crippen LogP contribution in [0.5, 0.6) is 0 Å². The third-order valence-electron chi connectivity index (χ3n) is 3.59. The van der Waals surface area contributed by atoms with E-state index in [1.807, 2.05) is 12.1 Å². The van der Waals surface area contributed by atoms with E-state index >= 15 is 0 Å². The molecule has 0 spiro atoms. The number of carbonyl (C=O) groups is 1. The molecule has 0 aliphatic carbocycles. The first-order valence-electron chi connectivity index (χ1n) is 5.64. The second-order valence-electron chi connectivity index (χ2n) is 4.58. The molecular weight excluding hydrogens is 202 g/mol. The number of nitrogens with two attached hydrogens (primary N) is 1. The van der Waals surface area contributed by atoms with E-state index in [0.717, 1.165) is 30.8 Å². The molecule has 1 fully saturated rings. The first-order valence-corrected chi connectivity index (χ1v) is 5.64. The van der Waals surface area contributed by atoms with Crippen LogP contribution in [0.15, 0.2) is 18.2 Å². The Balaban J connectivity index is 2.12. The molecule has 1 amide bonds. The molecule has 0 aromatic heterocycles. The maximum absolute atomic E-state index is 11.9. The topological polar surface area (TPSA) is 67.2 Å². The van der Waals surface area contributed by atoms with Gasteiger partial charge < -0.3 is 16.4 Å². The van der Waals surface area contributed by atoms with Crippen LogP contribution in [0.2, 0.25) is 0 Å². The zero-order valence-electron chi connectivity index (χ0n) is 8.99. The Bertz CT molecular complexity index is 444. The standard InChI is InChI=1S/C12H15N3O/c13-8-1-2-9-10(3-8)12(16)15-5-7-4-14-6-11(7)9/h1-3,7,11,14H,4-6,13H2,(H,15,16)/t7-,11?/m0/s1. The minimum Gasteiger partial charge on any atom is -0.399 e. The van der Waals surface area contributed by atoms with Gasteiger partial charge in [-0.05, 0) is 23.6 Å². The fraction of sp³-hybridized carbons (Fsp3) is 0.417. The Morgan fingerprint density at radius 3 is 3.00 bits per heavy atom. The van der Waals surface area contributed by atoms with E-state index in [2.05, 4.69) is 10.6 Å². The number of anilines is 1. The molecule has 1 aromatic rings. The maximum atomic E-state index is 11.9. The molecule has 1 saturated heterocycles. The fourth-order valence-electron chi connectivity index (χ4n) is 2.72. The molecule has 1 aromatic carbocycles. The molecule has 2 aliphatic rings. The lowest BCUT2D eigenvalue weighted by Crippen LogP contribution is -2.28. The van der Waals surface area contributed by atoms with Crippen molar-refractivity contribution in [2.24, 2.45) is 5.92 Å². The van der Waals surface area contributed by atoms with Crippen molar-refractivity contribution in [1.82, 2.24) is 10.6 Å². The Hall–Kier alpha value is -1.55. The summed E-state index contributed by atoms with van der Waals surface area (Å²) in [6, 6.07) is 5.67. The van der Waals surface area contributed by atoms with Gasteiger partial charge in [0.2, 0.25) is 0 Å². The molecule has 2 heterocycles. The summed E-state index contributed by atoms with van der Waals surface area (Å²) in [7, 11) is 0. The van der Waals surface area contributed by atoms with Crippen molar-refractivity contribution in [3.63, 3.8) is 0 Å². The number of carbonyl (C=O) groups excluding carboxylic acids is 1. The first kappa shape index (κ1) is 9.66. The van der Waals surface area contributed by atoms with Gasteiger partial charge in [0.05, 0.1) is 0 Å². The molecule has 1 unspecified atom stereocenters. The quantitative estimate of drug-likeness (QED) is 0.548. The van der Waals surface area contributed by atoms with Gasteiger partial charge in [-0.2, -0.15) is 0 Å². The van der Waals surface area contributed by atoms with Crippen molar-refractivity contribution in [2.75, 3.05) is 25.4 Å². The number of fused-ring (bicyclic) bond motifs is 3. The zero-order chi connectivity index (χ0) is 11.1. The average molecular weight is 217 g/mol. The summed E-state index contributed by atoms with van der Waals surface area (Å²) in [5.41, 5.74) is 8.27. The maximum Gasteiger partial charge on any atom is 0.251 e. The van der Waals surface area contributed by atoms with E-state index in [0.29, 0.717) is 17.5 Å². The minimum absolute atomic E-state index is 0.0108. The van der Waals surface area contributed by atoms with Crippen LogP contribution >= 0.6 is 0 Å². The number of hydrogen-bond acceptors (Lipinski definition) is 3. The molecule has 16 heavy (non-hydrogen) atoms. The van der Waals surface area contributed by atoms with Gasteiger partial charge in [0.1, 0.15) is 0 Å². The minimum atomic E-state index is 0.0108. The second-order valence-corrected chi connectivity index (χ2v) is 4.58. The smallest absolute Gasteiger partial charge is 0.251 e. The number of nitrogens with one attached hydrogen (secondary N) is 2. The largest absolute Gasteiger partial charge is 0.399 e. The van der Waals surface area contributed by atoms with Gasteiger partial charge in [0, 0.05) is 36.8 Å². The normalized spacial score (nSPS) is 27.9. The first-order chi connectivity index (χ1) is 7.75. The fourth-order valence-corrected chi connectivity index (χ4v) is 2.72. The predicted octanol–water partition coefficient (Wildman–Crippen LogP) is 0.315. The Morgan fingerprint density at radius 2 is 2.12 bits per heavy atom. The van der Waals surface area contributed by atoms with Crippen LogP contribution in [0.4, 0.5) is 5.69 Å². The van der Waals surface area contributed by atoms with Crippen LogP contribution in [0.1, 0.15) is 21.8 Å². The van der Waals surface area contributed by atoms with Gasteiger partial charge in [0.15, 0.2) is 0 Å². The van der Waals surface area contributed by atoms with Gasteiger partial charge in [-0.25, -0.2) is 0 Å². The van der Waals surface area contributed by atoms with Gasteiger partial charge in [-0.3, -0.25) is 4.79 Å². The molecule has 0 bridgehead atoms. The van der Waals surface area contributed by atoms with E-state index in [1.165, 1.54) is 0 Å². The Kier molecular flexibility index (Phi) is 2.11. The van der Waals surface area contributed by atoms with Crippen LogP contribution < -0.4 is 16.4 Å². The monoisotopic (exact) mass is 217 g/mol. The van der Waals surface area contributed by atoms with Crippen LogP contribution in [-0.4, -0.2) is 25.5 Å². The van der Waals surface area contributed by atoms with E-state index in [9.17, 15) is 4.79 Å². The van der Waals surface area contributed by atoms with Crippen LogP contribution in [0.3, 0.4) is 0 Å². The van der Waals surface area contributed by atoms with E-state index < -0.39 is 0 Å². The summed E-state index contributed by atoms with van der Waals surface area (Å²) in [5.74, 6) is 0.958. The zero-order valence-corrected chi connectivity index (χ0v) is 8.99. The van der Waals surface area contributed by atoms with Crippen LogP contribution in [0, 0.1) is 5.92 Å². The molecule has 4 heteroatoms. The SMILES string of the molecule is Nc1ccc2c(c1)C(=O)NC[C@@H]1CNCC21. The van der Waals surface area contributed by atoms with E-state index in [1.54, 1.807) is 6.07 Å². The highest BCUT2D eigenvalue weighted by molar-refractivity contribution is 5.97. The van der Waals surface area contributed by atoms with Crippen molar-refractivity contribution in [2.45, 2.75) is 5.92 Å². The molecular formula is C12H15N3O. The summed E-state index contributed by atoms with van der Waals surface area (Å²) in [6.45, 7) is 2.69. The predicted molar refractivity (Wildman–Crippen MR) is 62.3 cm³/mol. The lowest BCUT2D eigenvalue weighted by molar-refractivity contribution is 0.0952. The highest BCUT2D eigenvalue weighted by Crippen LogP contribution is 2.33. The van der Waals surface area contributed by atoms with Crippen LogP contribution in [-0.2, 0) is 0 Å². The molecule has 0 saturated carbocycles. The lowest BCUT2D eigenvalue weighted by Gasteiger charge is -2.16. The van der Waals surface area contributed by atoms with E-state index in [4.69, 9.17) is 5.73 Å². The second kappa shape index (κ2) is 3.49. The number of nitrogen functional groups attached to an aromatic ring is 1. The third-order valence-corrected chi connectivity index (χ3v) is 3.59. The van der Waals surface area contributed by atoms with Crippen molar-refractivity contribution in [3.05, 3.63) is 29.3 Å². The molecule has 3 rings (SSSR count). The van der Waals surface area contributed by atoms with Crippen molar-refractivity contribution in [1.29, 1.82) is 0 Å². The summed E-state index contributed by atoms with van der Waals surface area (Å²) in [5, 5.41) is 6.34. The number of hydrogen-bond donors (Lipinski definition) is 3. The Labute approximate surface area is 94.2 Å². The Morgan fingerprint density at radius 1 is 1.25 bits per heavy atom. The molecule has 4 N–H and O–H groups in total. The molecule has 4 nitrogen and oxygen atoms in total. The number of benzene rings is 1. The summed E-state index contributed by atoms with van der Waals surface area (Å²) in [6.07, 6.45) is 0. The van der Waals surface area contributed by atoms with Crippen LogP contribution in [0.25, 0.3) is 0 Å². The average Bonchev–Trinajstić information content (AvgIpc) is 2.69. The number of rotatable bonds is 0. The molecule has 84 valence electrons. The highest BCUT2D eigenvalue weighted by atomic mass is 16.1. The van der Waals surface area contributed by atoms with Gasteiger partial charge in [-0.15, -0.1) is 0 Å². The van der Waals surface area contributed by atoms with Gasteiger partial charge in [-0.1, -0.05) is 6.07 Å². The molecule has 2 aliphatic heterocycles. The highest BCUT2D eigenvalue weighted by Gasteiger charge is 2.33. The van der Waals surface area contributed by atoms with Gasteiger partial charge >= 0.3 is 0 Å². The molecule has 2 atom stereocenters. The summed E-state index contributed by atoms with van der Waals surface area (Å²) < 4.78 is 0. The summed E-state index contributed by atoms with van der Waals surface area (Å²) in [4.78, 5) is 11.9. The third kappa shape index (κ3) is 1.38. The van der Waals surface area contributed by atoms with Crippen molar-refractivity contribution < 1.29 is 4.79 Å². The summed E-state index contributed by atoms with van der Waals surface area (Å²) >= 11 is 0. The van der Waals surface area contributed by atoms with Gasteiger partial charge in [0.25, 0.3) is 5.91 Å². The van der Waals surface area contributed by atoms with Crippen molar-refractivity contribution in [3.8, 4) is 0 Å². The lowest BCUT2D eigenvalue weighted by atomic mass is 9.87. The molecule has 0 radical (unpaired) electrons. The number of amides is 1. The van der Waals surface area contributed by atoms with Crippen molar-refractivity contribution >= 4 is 11.6 Å².